The van der Waals surface area contributed by atoms with E-state index in [9.17, 15) is 9.59 Å². The van der Waals surface area contributed by atoms with Crippen LogP contribution in [0, 0.1) is 5.92 Å². The molecule has 4 aromatic rings. The molecule has 0 aliphatic heterocycles. The fourth-order valence-electron chi connectivity index (χ4n) is 4.43. The van der Waals surface area contributed by atoms with Gasteiger partial charge < -0.3 is 10.3 Å². The molecule has 9 heteroatoms. The fraction of sp³-hybridized carbons (Fsp3) is 0.154. The summed E-state index contributed by atoms with van der Waals surface area (Å²) in [4.78, 5) is 29.3. The van der Waals surface area contributed by atoms with E-state index in [1.54, 1.807) is 36.4 Å². The highest BCUT2D eigenvalue weighted by molar-refractivity contribution is 6.53. The summed E-state index contributed by atoms with van der Waals surface area (Å²) in [5.74, 6) is -1.74. The van der Waals surface area contributed by atoms with Crippen molar-refractivity contribution in [3.05, 3.63) is 98.6 Å². The van der Waals surface area contributed by atoms with Crippen LogP contribution >= 0.6 is 58.0 Å². The molecule has 1 heterocycles. The third kappa shape index (κ3) is 4.78. The molecule has 1 fully saturated rings. The number of hydrogen-bond donors (Lipinski definition) is 2. The maximum atomic E-state index is 13.1. The number of amides is 1. The number of nitrogens with one attached hydrogen (secondary N) is 2. The molecular formula is C26H17Cl5N2O2. The van der Waals surface area contributed by atoms with Crippen LogP contribution in [-0.4, -0.2) is 21.0 Å². The van der Waals surface area contributed by atoms with E-state index < -0.39 is 16.2 Å². The first-order valence-corrected chi connectivity index (χ1v) is 12.6. The molecule has 1 aliphatic carbocycles. The summed E-state index contributed by atoms with van der Waals surface area (Å²) in [6, 6.07) is 17.4. The normalized spacial score (nSPS) is 18.4. The Balaban J connectivity index is 1.35. The third-order valence-electron chi connectivity index (χ3n) is 6.15. The highest BCUT2D eigenvalue weighted by Crippen LogP contribution is 2.65. The molecule has 1 saturated carbocycles. The van der Waals surface area contributed by atoms with E-state index in [1.807, 2.05) is 30.5 Å². The van der Waals surface area contributed by atoms with Crippen molar-refractivity contribution in [1.29, 1.82) is 0 Å². The first-order chi connectivity index (χ1) is 16.6. The van der Waals surface area contributed by atoms with Crippen molar-refractivity contribution in [1.82, 2.24) is 4.98 Å². The van der Waals surface area contributed by atoms with Crippen molar-refractivity contribution in [2.45, 2.75) is 16.7 Å². The van der Waals surface area contributed by atoms with E-state index in [-0.39, 0.29) is 18.1 Å². The Hall–Kier alpha value is -2.21. The summed E-state index contributed by atoms with van der Waals surface area (Å²) in [5.41, 5.74) is 3.25. The maximum Gasteiger partial charge on any atom is 0.231 e. The Morgan fingerprint density at radius 1 is 0.943 bits per heavy atom. The fourth-order valence-corrected chi connectivity index (χ4v) is 6.03. The number of anilines is 1. The molecule has 0 spiro atoms. The summed E-state index contributed by atoms with van der Waals surface area (Å²) in [5, 5.41) is 4.95. The van der Waals surface area contributed by atoms with Gasteiger partial charge in [0.1, 0.15) is 4.33 Å². The van der Waals surface area contributed by atoms with Gasteiger partial charge >= 0.3 is 0 Å². The maximum absolute atomic E-state index is 13.1. The summed E-state index contributed by atoms with van der Waals surface area (Å²) in [7, 11) is 0. The van der Waals surface area contributed by atoms with E-state index in [0.717, 1.165) is 16.5 Å². The minimum atomic E-state index is -1.31. The molecular weight excluding hydrogens is 550 g/mol. The summed E-state index contributed by atoms with van der Waals surface area (Å²) < 4.78 is -1.31. The van der Waals surface area contributed by atoms with Crippen molar-refractivity contribution in [2.75, 3.05) is 5.32 Å². The molecule has 1 aromatic heterocycles. The van der Waals surface area contributed by atoms with Crippen LogP contribution in [0.3, 0.4) is 0 Å². The zero-order valence-corrected chi connectivity index (χ0v) is 21.7. The summed E-state index contributed by atoms with van der Waals surface area (Å²) in [6.45, 7) is 0. The number of carbonyl (C=O) groups is 2. The van der Waals surface area contributed by atoms with Gasteiger partial charge in [0.25, 0.3) is 0 Å². The Morgan fingerprint density at radius 2 is 1.69 bits per heavy atom. The number of alkyl halides is 2. The number of aromatic amines is 1. The molecule has 1 amide bonds. The van der Waals surface area contributed by atoms with Gasteiger partial charge in [-0.25, -0.2) is 0 Å². The van der Waals surface area contributed by atoms with Crippen molar-refractivity contribution < 1.29 is 9.59 Å². The minimum absolute atomic E-state index is 0.165. The van der Waals surface area contributed by atoms with Gasteiger partial charge in [-0.05, 0) is 59.7 Å². The number of hydrogen-bond acceptors (Lipinski definition) is 2. The van der Waals surface area contributed by atoms with Crippen LogP contribution in [0.15, 0.2) is 66.9 Å². The van der Waals surface area contributed by atoms with Gasteiger partial charge in [0.2, 0.25) is 5.91 Å². The molecule has 0 radical (unpaired) electrons. The van der Waals surface area contributed by atoms with Gasteiger partial charge in [-0.1, -0.05) is 46.9 Å². The topological polar surface area (TPSA) is 62.0 Å². The second kappa shape index (κ2) is 9.34. The first-order valence-electron chi connectivity index (χ1n) is 10.7. The second-order valence-electron chi connectivity index (χ2n) is 8.47. The third-order valence-corrected chi connectivity index (χ3v) is 7.86. The molecule has 2 atom stereocenters. The lowest BCUT2D eigenvalue weighted by Gasteiger charge is -2.10. The number of H-pyrrole nitrogens is 1. The molecule has 35 heavy (non-hydrogen) atoms. The Labute approximate surface area is 226 Å². The van der Waals surface area contributed by atoms with Crippen LogP contribution in [-0.2, 0) is 11.2 Å². The van der Waals surface area contributed by atoms with Gasteiger partial charge in [0.15, 0.2) is 5.78 Å². The van der Waals surface area contributed by atoms with Gasteiger partial charge in [-0.2, -0.15) is 0 Å². The quantitative estimate of drug-likeness (QED) is 0.183. The van der Waals surface area contributed by atoms with Crippen LogP contribution in [0.5, 0.6) is 0 Å². The molecule has 1 aliphatic rings. The first kappa shape index (κ1) is 24.5. The van der Waals surface area contributed by atoms with Gasteiger partial charge in [-0.3, -0.25) is 9.59 Å². The molecule has 4 nitrogen and oxygen atoms in total. The number of Topliss-reactive ketones (excluding diaryl/α,β-unsaturated/α-hetero) is 1. The SMILES string of the molecule is O=C(Cc1cccc2[nH]ccc12)c1cc(NC(=O)C2C(c3cc(Cl)cc(Cl)c3)C2(Cl)Cl)ccc1Cl. The van der Waals surface area contributed by atoms with E-state index >= 15 is 0 Å². The predicted molar refractivity (Wildman–Crippen MR) is 144 cm³/mol. The molecule has 5 rings (SSSR count). The summed E-state index contributed by atoms with van der Waals surface area (Å²) >= 11 is 31.4. The average molecular weight is 567 g/mol. The number of ketones is 1. The molecule has 3 aromatic carbocycles. The van der Waals surface area contributed by atoms with Gasteiger partial charge in [0.05, 0.1) is 10.9 Å². The Bertz CT molecular complexity index is 1460. The van der Waals surface area contributed by atoms with Crippen LogP contribution in [0.25, 0.3) is 10.9 Å². The van der Waals surface area contributed by atoms with E-state index in [0.29, 0.717) is 31.9 Å². The zero-order valence-electron chi connectivity index (χ0n) is 17.9. The molecule has 2 N–H and O–H groups in total. The van der Waals surface area contributed by atoms with Crippen LogP contribution < -0.4 is 5.32 Å². The van der Waals surface area contributed by atoms with Crippen LogP contribution in [0.1, 0.15) is 27.4 Å². The number of aromatic nitrogens is 1. The van der Waals surface area contributed by atoms with Gasteiger partial charge in [0, 0.05) is 50.7 Å². The predicted octanol–water partition coefficient (Wildman–Crippen LogP) is 8.08. The number of benzene rings is 3. The molecule has 178 valence electrons. The average Bonchev–Trinajstić information content (AvgIpc) is 3.12. The molecule has 0 bridgehead atoms. The largest absolute Gasteiger partial charge is 0.361 e. The van der Waals surface area contributed by atoms with E-state index in [2.05, 4.69) is 10.3 Å². The van der Waals surface area contributed by atoms with E-state index in [4.69, 9.17) is 58.0 Å². The number of fused-ring (bicyclic) bond motifs is 1. The lowest BCUT2D eigenvalue weighted by molar-refractivity contribution is -0.117. The highest BCUT2D eigenvalue weighted by Gasteiger charge is 2.67. The lowest BCUT2D eigenvalue weighted by Crippen LogP contribution is -2.17. The van der Waals surface area contributed by atoms with Crippen LogP contribution in [0.2, 0.25) is 15.1 Å². The van der Waals surface area contributed by atoms with Crippen molar-refractivity contribution in [3.63, 3.8) is 0 Å². The zero-order chi connectivity index (χ0) is 24.9. The molecule has 2 unspecified atom stereocenters. The van der Waals surface area contributed by atoms with E-state index in [1.165, 1.54) is 0 Å². The number of rotatable bonds is 6. The summed E-state index contributed by atoms with van der Waals surface area (Å²) in [6.07, 6.45) is 2.00. The second-order valence-corrected chi connectivity index (χ2v) is 11.2. The smallest absolute Gasteiger partial charge is 0.231 e. The monoisotopic (exact) mass is 564 g/mol. The van der Waals surface area contributed by atoms with Gasteiger partial charge in [-0.15, -0.1) is 23.2 Å². The minimum Gasteiger partial charge on any atom is -0.361 e. The Morgan fingerprint density at radius 3 is 2.43 bits per heavy atom. The van der Waals surface area contributed by atoms with Crippen molar-refractivity contribution >= 4 is 86.3 Å². The molecule has 0 saturated heterocycles. The standard InChI is InChI=1S/C26H17Cl5N2O2/c27-15-8-14(9-16(28)11-15)23-24(26(23,30)31)25(35)33-17-4-5-20(29)19(12-17)22(34)10-13-2-1-3-21-18(13)6-7-32-21/h1-9,11-12,23-24,32H,10H2,(H,33,35). The lowest BCUT2D eigenvalue weighted by atomic mass is 10.00. The Kier molecular flexibility index (Phi) is 6.54. The number of carbonyl (C=O) groups excluding carboxylic acids is 2. The van der Waals surface area contributed by atoms with Crippen molar-refractivity contribution in [2.24, 2.45) is 5.92 Å². The highest BCUT2D eigenvalue weighted by atomic mass is 35.5. The number of halogens is 5. The van der Waals surface area contributed by atoms with Crippen molar-refractivity contribution in [3.8, 4) is 0 Å². The van der Waals surface area contributed by atoms with Crippen LogP contribution in [0.4, 0.5) is 5.69 Å².